The third-order valence-electron chi connectivity index (χ3n) is 1.90. The van der Waals surface area contributed by atoms with E-state index in [1.807, 2.05) is 24.3 Å². The van der Waals surface area contributed by atoms with Gasteiger partial charge in [-0.2, -0.15) is 0 Å². The van der Waals surface area contributed by atoms with Crippen LogP contribution in [0.2, 0.25) is 0 Å². The number of rotatable bonds is 1. The van der Waals surface area contributed by atoms with E-state index in [2.05, 4.69) is 33.2 Å². The average Bonchev–Trinajstić information content (AvgIpc) is 2.49. The van der Waals surface area contributed by atoms with Gasteiger partial charge < -0.3 is 5.32 Å². The summed E-state index contributed by atoms with van der Waals surface area (Å²) < 4.78 is 1.16. The summed E-state index contributed by atoms with van der Waals surface area (Å²) in [5.74, 6) is -0.182. The van der Waals surface area contributed by atoms with Gasteiger partial charge in [-0.1, -0.05) is 12.1 Å². The van der Waals surface area contributed by atoms with E-state index in [0.717, 1.165) is 9.13 Å². The molecule has 0 atom stereocenters. The van der Waals surface area contributed by atoms with Gasteiger partial charge in [0.25, 0.3) is 5.91 Å². The molecule has 1 amide bonds. The van der Waals surface area contributed by atoms with Crippen LogP contribution in [0.5, 0.6) is 0 Å². The monoisotopic (exact) mass is 330 g/mol. The van der Waals surface area contributed by atoms with Crippen LogP contribution in [-0.4, -0.2) is 11.0 Å². The van der Waals surface area contributed by atoms with E-state index in [-0.39, 0.29) is 5.91 Å². The fourth-order valence-electron chi connectivity index (χ4n) is 1.21. The standard InChI is InChI=1S/C10H7IN2OS/c11-7-3-1-6(2-4-7)5-8-9(14)13-10(15)12-8/h1-5H,(H2,12,13,14,15)/b8-5-. The van der Waals surface area contributed by atoms with Crippen molar-refractivity contribution in [1.29, 1.82) is 0 Å². The highest BCUT2D eigenvalue weighted by molar-refractivity contribution is 14.1. The van der Waals surface area contributed by atoms with Gasteiger partial charge in [0.15, 0.2) is 5.11 Å². The second-order valence-electron chi connectivity index (χ2n) is 3.02. The molecule has 1 fully saturated rings. The number of hydrogen-bond donors (Lipinski definition) is 2. The quantitative estimate of drug-likeness (QED) is 0.467. The lowest BCUT2D eigenvalue weighted by Crippen LogP contribution is -2.21. The lowest BCUT2D eigenvalue weighted by atomic mass is 10.2. The lowest BCUT2D eigenvalue weighted by molar-refractivity contribution is -0.115. The van der Waals surface area contributed by atoms with E-state index in [9.17, 15) is 4.79 Å². The van der Waals surface area contributed by atoms with Gasteiger partial charge in [0.1, 0.15) is 5.70 Å². The predicted molar refractivity (Wildman–Crippen MR) is 71.0 cm³/mol. The molecule has 1 aliphatic heterocycles. The van der Waals surface area contributed by atoms with Gasteiger partial charge in [0.2, 0.25) is 0 Å². The van der Waals surface area contributed by atoms with Crippen molar-refractivity contribution in [3.05, 3.63) is 39.1 Å². The van der Waals surface area contributed by atoms with Gasteiger partial charge in [-0.05, 0) is 58.6 Å². The molecule has 0 unspecified atom stereocenters. The first-order valence-electron chi connectivity index (χ1n) is 4.25. The van der Waals surface area contributed by atoms with Crippen LogP contribution in [0.25, 0.3) is 6.08 Å². The van der Waals surface area contributed by atoms with Crippen molar-refractivity contribution in [2.45, 2.75) is 0 Å². The number of amides is 1. The molecule has 0 spiro atoms. The number of carbonyl (C=O) groups excluding carboxylic acids is 1. The Bertz CT molecular complexity index is 453. The second kappa shape index (κ2) is 4.28. The maximum atomic E-state index is 11.3. The second-order valence-corrected chi connectivity index (χ2v) is 4.67. The molecule has 0 saturated carbocycles. The molecular weight excluding hydrogens is 323 g/mol. The minimum Gasteiger partial charge on any atom is -0.328 e. The SMILES string of the molecule is O=C1NC(=S)N/C1=C\c1ccc(I)cc1. The zero-order chi connectivity index (χ0) is 10.8. The molecular formula is C10H7IN2OS. The number of hydrogen-bond acceptors (Lipinski definition) is 2. The molecule has 0 aromatic heterocycles. The van der Waals surface area contributed by atoms with Gasteiger partial charge in [0.05, 0.1) is 0 Å². The van der Waals surface area contributed by atoms with Crippen molar-refractivity contribution in [3.8, 4) is 0 Å². The molecule has 15 heavy (non-hydrogen) atoms. The van der Waals surface area contributed by atoms with E-state index in [1.54, 1.807) is 6.08 Å². The molecule has 2 rings (SSSR count). The normalized spacial score (nSPS) is 17.8. The van der Waals surface area contributed by atoms with Crippen LogP contribution in [-0.2, 0) is 4.79 Å². The summed E-state index contributed by atoms with van der Waals surface area (Å²) in [5.41, 5.74) is 1.46. The molecule has 5 heteroatoms. The first-order chi connectivity index (χ1) is 7.15. The van der Waals surface area contributed by atoms with Gasteiger partial charge in [-0.3, -0.25) is 10.1 Å². The zero-order valence-electron chi connectivity index (χ0n) is 7.58. The van der Waals surface area contributed by atoms with E-state index >= 15 is 0 Å². The van der Waals surface area contributed by atoms with E-state index < -0.39 is 0 Å². The largest absolute Gasteiger partial charge is 0.328 e. The van der Waals surface area contributed by atoms with E-state index in [1.165, 1.54) is 0 Å². The summed E-state index contributed by atoms with van der Waals surface area (Å²) in [6.45, 7) is 0. The van der Waals surface area contributed by atoms with Crippen molar-refractivity contribution in [2.75, 3.05) is 0 Å². The van der Waals surface area contributed by atoms with Crippen LogP contribution in [0.3, 0.4) is 0 Å². The molecule has 1 aromatic carbocycles. The Morgan fingerprint density at radius 1 is 1.20 bits per heavy atom. The van der Waals surface area contributed by atoms with Crippen molar-refractivity contribution >= 4 is 51.9 Å². The Kier molecular flexibility index (Phi) is 3.01. The first kappa shape index (κ1) is 10.6. The summed E-state index contributed by atoms with van der Waals surface area (Å²) in [6.07, 6.45) is 1.77. The fourth-order valence-corrected chi connectivity index (χ4v) is 1.77. The number of halogens is 1. The Morgan fingerprint density at radius 3 is 2.40 bits per heavy atom. The first-order valence-corrected chi connectivity index (χ1v) is 5.73. The Balaban J connectivity index is 2.27. The molecule has 0 bridgehead atoms. The van der Waals surface area contributed by atoms with Crippen molar-refractivity contribution < 1.29 is 4.79 Å². The number of carbonyl (C=O) groups is 1. The van der Waals surface area contributed by atoms with Crippen molar-refractivity contribution in [1.82, 2.24) is 10.6 Å². The van der Waals surface area contributed by atoms with Crippen LogP contribution >= 0.6 is 34.8 Å². The van der Waals surface area contributed by atoms with Crippen LogP contribution in [0, 0.1) is 3.57 Å². The maximum Gasteiger partial charge on any atom is 0.273 e. The highest BCUT2D eigenvalue weighted by atomic mass is 127. The molecule has 76 valence electrons. The lowest BCUT2D eigenvalue weighted by Gasteiger charge is -1.96. The summed E-state index contributed by atoms with van der Waals surface area (Å²) in [7, 11) is 0. The van der Waals surface area contributed by atoms with Crippen LogP contribution < -0.4 is 10.6 Å². The topological polar surface area (TPSA) is 41.1 Å². The van der Waals surface area contributed by atoms with Crippen molar-refractivity contribution in [2.24, 2.45) is 0 Å². The molecule has 1 heterocycles. The number of thiocarbonyl (C=S) groups is 1. The van der Waals surface area contributed by atoms with Crippen LogP contribution in [0.4, 0.5) is 0 Å². The Labute approximate surface area is 106 Å². The third-order valence-corrected chi connectivity index (χ3v) is 2.82. The summed E-state index contributed by atoms with van der Waals surface area (Å²) in [5, 5.41) is 5.66. The molecule has 0 aliphatic carbocycles. The highest BCUT2D eigenvalue weighted by Crippen LogP contribution is 2.11. The highest BCUT2D eigenvalue weighted by Gasteiger charge is 2.19. The number of nitrogens with one attached hydrogen (secondary N) is 2. The van der Waals surface area contributed by atoms with Crippen molar-refractivity contribution in [3.63, 3.8) is 0 Å². The van der Waals surface area contributed by atoms with Crippen LogP contribution in [0.1, 0.15) is 5.56 Å². The van der Waals surface area contributed by atoms with Gasteiger partial charge in [-0.15, -0.1) is 0 Å². The van der Waals surface area contributed by atoms with Gasteiger partial charge >= 0.3 is 0 Å². The summed E-state index contributed by atoms with van der Waals surface area (Å²) in [4.78, 5) is 11.3. The number of benzene rings is 1. The molecule has 3 nitrogen and oxygen atoms in total. The minimum atomic E-state index is -0.182. The summed E-state index contributed by atoms with van der Waals surface area (Å²) >= 11 is 7.06. The Morgan fingerprint density at radius 2 is 1.87 bits per heavy atom. The summed E-state index contributed by atoms with van der Waals surface area (Å²) in [6, 6.07) is 7.87. The molecule has 0 radical (unpaired) electrons. The van der Waals surface area contributed by atoms with E-state index in [4.69, 9.17) is 12.2 Å². The smallest absolute Gasteiger partial charge is 0.273 e. The average molecular weight is 330 g/mol. The minimum absolute atomic E-state index is 0.182. The van der Waals surface area contributed by atoms with Gasteiger partial charge in [0, 0.05) is 3.57 Å². The zero-order valence-corrected chi connectivity index (χ0v) is 10.6. The van der Waals surface area contributed by atoms with E-state index in [0.29, 0.717) is 10.8 Å². The van der Waals surface area contributed by atoms with Gasteiger partial charge in [-0.25, -0.2) is 0 Å². The Hall–Kier alpha value is -0.950. The van der Waals surface area contributed by atoms with Crippen LogP contribution in [0.15, 0.2) is 30.0 Å². The molecule has 1 aliphatic rings. The molecule has 1 saturated heterocycles. The fraction of sp³-hybridized carbons (Fsp3) is 0. The third kappa shape index (κ3) is 2.54. The maximum absolute atomic E-state index is 11.3. The molecule has 2 N–H and O–H groups in total. The molecule has 1 aromatic rings. The predicted octanol–water partition coefficient (Wildman–Crippen LogP) is 1.64.